The fourth-order valence-corrected chi connectivity index (χ4v) is 2.53. The predicted octanol–water partition coefficient (Wildman–Crippen LogP) is 2.27. The Morgan fingerprint density at radius 1 is 1.55 bits per heavy atom. The molecule has 0 radical (unpaired) electrons. The maximum absolute atomic E-state index is 11.1. The lowest BCUT2D eigenvalue weighted by Crippen LogP contribution is -2.31. The molecule has 0 bridgehead atoms. The van der Waals surface area contributed by atoms with E-state index in [4.69, 9.17) is 4.74 Å². The zero-order valence-electron chi connectivity index (χ0n) is 11.4. The van der Waals surface area contributed by atoms with Gasteiger partial charge in [0.2, 0.25) is 0 Å². The molecule has 1 fully saturated rings. The Bertz CT molecular complexity index is 498. The molecule has 2 rings (SSSR count). The van der Waals surface area contributed by atoms with E-state index < -0.39 is 4.92 Å². The number of nitrogens with zero attached hydrogens (tertiary/aromatic N) is 2. The van der Waals surface area contributed by atoms with E-state index >= 15 is 0 Å². The molecular formula is C14H18N2O4. The van der Waals surface area contributed by atoms with Crippen molar-refractivity contribution in [1.29, 1.82) is 0 Å². The quantitative estimate of drug-likeness (QED) is 0.469. The van der Waals surface area contributed by atoms with Crippen molar-refractivity contribution in [3.8, 4) is 0 Å². The van der Waals surface area contributed by atoms with Crippen molar-refractivity contribution in [3.63, 3.8) is 0 Å². The number of carbonyl (C=O) groups is 1. The van der Waals surface area contributed by atoms with Gasteiger partial charge < -0.3 is 9.64 Å². The SMILES string of the molecule is CN(CC1CCCOC1)c1ccc([N+](=O)[O-])cc1C=O. The Hall–Kier alpha value is -1.95. The number of rotatable bonds is 5. The van der Waals surface area contributed by atoms with E-state index in [1.165, 1.54) is 12.1 Å². The molecule has 1 heterocycles. The third-order valence-corrected chi connectivity index (χ3v) is 3.55. The standard InChI is InChI=1S/C14H18N2O4/c1-15(8-11-3-2-6-20-10-11)14-5-4-13(16(18)19)7-12(14)9-17/h4-5,7,9,11H,2-3,6,8,10H2,1H3. The highest BCUT2D eigenvalue weighted by Gasteiger charge is 2.18. The van der Waals surface area contributed by atoms with Crippen molar-refractivity contribution in [2.75, 3.05) is 31.7 Å². The van der Waals surface area contributed by atoms with Crippen molar-refractivity contribution in [2.45, 2.75) is 12.8 Å². The summed E-state index contributed by atoms with van der Waals surface area (Å²) in [5.74, 6) is 0.434. The average molecular weight is 278 g/mol. The minimum absolute atomic E-state index is 0.0646. The minimum atomic E-state index is -0.494. The molecule has 0 aliphatic carbocycles. The van der Waals surface area contributed by atoms with Crippen LogP contribution in [0, 0.1) is 16.0 Å². The second-order valence-corrected chi connectivity index (χ2v) is 5.08. The summed E-state index contributed by atoms with van der Waals surface area (Å²) in [7, 11) is 1.89. The average Bonchev–Trinajstić information content (AvgIpc) is 2.47. The smallest absolute Gasteiger partial charge is 0.270 e. The van der Waals surface area contributed by atoms with Gasteiger partial charge in [0.25, 0.3) is 5.69 Å². The van der Waals surface area contributed by atoms with Gasteiger partial charge in [0, 0.05) is 43.6 Å². The first-order valence-corrected chi connectivity index (χ1v) is 6.64. The summed E-state index contributed by atoms with van der Waals surface area (Å²) in [5.41, 5.74) is 1.000. The number of anilines is 1. The van der Waals surface area contributed by atoms with Crippen molar-refractivity contribution in [1.82, 2.24) is 0 Å². The number of hydrogen-bond donors (Lipinski definition) is 0. The van der Waals surface area contributed by atoms with E-state index in [0.29, 0.717) is 17.8 Å². The molecule has 1 aliphatic rings. The van der Waals surface area contributed by atoms with Crippen molar-refractivity contribution >= 4 is 17.7 Å². The van der Waals surface area contributed by atoms with E-state index in [2.05, 4.69) is 0 Å². The molecular weight excluding hydrogens is 260 g/mol. The van der Waals surface area contributed by atoms with Gasteiger partial charge in [-0.3, -0.25) is 14.9 Å². The Kier molecular flexibility index (Phi) is 4.68. The van der Waals surface area contributed by atoms with Gasteiger partial charge in [0.1, 0.15) is 0 Å². The molecule has 0 aromatic heterocycles. The van der Waals surface area contributed by atoms with Crippen LogP contribution in [0.15, 0.2) is 18.2 Å². The van der Waals surface area contributed by atoms with E-state index in [1.54, 1.807) is 6.07 Å². The Balaban J connectivity index is 2.13. The molecule has 6 nitrogen and oxygen atoms in total. The van der Waals surface area contributed by atoms with Gasteiger partial charge in [-0.1, -0.05) is 0 Å². The topological polar surface area (TPSA) is 72.7 Å². The number of carbonyl (C=O) groups excluding carboxylic acids is 1. The number of benzene rings is 1. The maximum atomic E-state index is 11.1. The molecule has 1 unspecified atom stereocenters. The largest absolute Gasteiger partial charge is 0.381 e. The normalized spacial score (nSPS) is 18.6. The molecule has 0 N–H and O–H groups in total. The van der Waals surface area contributed by atoms with Gasteiger partial charge in [-0.2, -0.15) is 0 Å². The number of ether oxygens (including phenoxy) is 1. The molecule has 0 spiro atoms. The lowest BCUT2D eigenvalue weighted by molar-refractivity contribution is -0.384. The zero-order valence-corrected chi connectivity index (χ0v) is 11.4. The molecule has 108 valence electrons. The van der Waals surface area contributed by atoms with Crippen LogP contribution in [0.4, 0.5) is 11.4 Å². The summed E-state index contributed by atoms with van der Waals surface area (Å²) >= 11 is 0. The summed E-state index contributed by atoms with van der Waals surface area (Å²) in [6.45, 7) is 2.32. The van der Waals surface area contributed by atoms with Crippen LogP contribution < -0.4 is 4.90 Å². The molecule has 1 atom stereocenters. The van der Waals surface area contributed by atoms with E-state index in [1.807, 2.05) is 11.9 Å². The summed E-state index contributed by atoms with van der Waals surface area (Å²) in [6.07, 6.45) is 2.82. The van der Waals surface area contributed by atoms with Crippen molar-refractivity contribution in [3.05, 3.63) is 33.9 Å². The summed E-state index contributed by atoms with van der Waals surface area (Å²) in [4.78, 5) is 23.3. The van der Waals surface area contributed by atoms with E-state index in [-0.39, 0.29) is 5.69 Å². The van der Waals surface area contributed by atoms with E-state index in [0.717, 1.165) is 38.3 Å². The van der Waals surface area contributed by atoms with Crippen LogP contribution >= 0.6 is 0 Å². The lowest BCUT2D eigenvalue weighted by atomic mass is 10.0. The number of aldehydes is 1. The summed E-state index contributed by atoms with van der Waals surface area (Å²) in [6, 6.07) is 4.37. The number of nitro benzene ring substituents is 1. The van der Waals surface area contributed by atoms with Crippen LogP contribution in [0.5, 0.6) is 0 Å². The molecule has 1 saturated heterocycles. The number of nitro groups is 1. The zero-order chi connectivity index (χ0) is 14.5. The van der Waals surface area contributed by atoms with Gasteiger partial charge in [-0.25, -0.2) is 0 Å². The molecule has 20 heavy (non-hydrogen) atoms. The lowest BCUT2D eigenvalue weighted by Gasteiger charge is -2.29. The molecule has 1 aromatic rings. The van der Waals surface area contributed by atoms with Crippen LogP contribution in [0.2, 0.25) is 0 Å². The number of non-ortho nitro benzene ring substituents is 1. The second-order valence-electron chi connectivity index (χ2n) is 5.08. The Morgan fingerprint density at radius 3 is 2.95 bits per heavy atom. The fraction of sp³-hybridized carbons (Fsp3) is 0.500. The van der Waals surface area contributed by atoms with E-state index in [9.17, 15) is 14.9 Å². The summed E-state index contributed by atoms with van der Waals surface area (Å²) < 4.78 is 5.44. The fourth-order valence-electron chi connectivity index (χ4n) is 2.53. The van der Waals surface area contributed by atoms with Crippen LogP contribution in [-0.4, -0.2) is 38.0 Å². The molecule has 6 heteroatoms. The van der Waals surface area contributed by atoms with Crippen molar-refractivity contribution < 1.29 is 14.5 Å². The molecule has 1 aliphatic heterocycles. The van der Waals surface area contributed by atoms with Gasteiger partial charge >= 0.3 is 0 Å². The second kappa shape index (κ2) is 6.47. The predicted molar refractivity (Wildman–Crippen MR) is 75.3 cm³/mol. The molecule has 0 saturated carbocycles. The van der Waals surface area contributed by atoms with Crippen LogP contribution in [-0.2, 0) is 4.74 Å². The Labute approximate surface area is 117 Å². The van der Waals surface area contributed by atoms with Crippen LogP contribution in [0.3, 0.4) is 0 Å². The Morgan fingerprint density at radius 2 is 2.35 bits per heavy atom. The molecule has 0 amide bonds. The first-order valence-electron chi connectivity index (χ1n) is 6.64. The molecule has 1 aromatic carbocycles. The van der Waals surface area contributed by atoms with Gasteiger partial charge in [0.15, 0.2) is 6.29 Å². The highest BCUT2D eigenvalue weighted by Crippen LogP contribution is 2.25. The van der Waals surface area contributed by atoms with Gasteiger partial charge in [0.05, 0.1) is 11.5 Å². The van der Waals surface area contributed by atoms with Crippen LogP contribution in [0.1, 0.15) is 23.2 Å². The number of hydrogen-bond acceptors (Lipinski definition) is 5. The highest BCUT2D eigenvalue weighted by molar-refractivity contribution is 5.85. The van der Waals surface area contributed by atoms with Crippen LogP contribution in [0.25, 0.3) is 0 Å². The first-order chi connectivity index (χ1) is 9.61. The highest BCUT2D eigenvalue weighted by atomic mass is 16.6. The van der Waals surface area contributed by atoms with Gasteiger partial charge in [-0.15, -0.1) is 0 Å². The third-order valence-electron chi connectivity index (χ3n) is 3.55. The van der Waals surface area contributed by atoms with Gasteiger partial charge in [-0.05, 0) is 24.8 Å². The summed E-state index contributed by atoms with van der Waals surface area (Å²) in [5, 5.41) is 10.7. The first kappa shape index (κ1) is 14.5. The minimum Gasteiger partial charge on any atom is -0.381 e. The van der Waals surface area contributed by atoms with Crippen molar-refractivity contribution in [2.24, 2.45) is 5.92 Å². The third kappa shape index (κ3) is 3.33. The monoisotopic (exact) mass is 278 g/mol. The maximum Gasteiger partial charge on any atom is 0.270 e.